The van der Waals surface area contributed by atoms with E-state index in [0.717, 1.165) is 44.1 Å². The molecule has 1 aromatic rings. The van der Waals surface area contributed by atoms with Crippen molar-refractivity contribution in [2.45, 2.75) is 38.8 Å². The van der Waals surface area contributed by atoms with E-state index in [1.807, 2.05) is 12.1 Å². The van der Waals surface area contributed by atoms with Gasteiger partial charge in [-0.3, -0.25) is 4.90 Å². The van der Waals surface area contributed by atoms with Gasteiger partial charge in [0.25, 0.3) is 0 Å². The van der Waals surface area contributed by atoms with Gasteiger partial charge in [0.2, 0.25) is 0 Å². The number of ether oxygens (including phenoxy) is 2. The van der Waals surface area contributed by atoms with Gasteiger partial charge in [0.05, 0.1) is 13.2 Å². The minimum atomic E-state index is 0.378. The van der Waals surface area contributed by atoms with E-state index in [4.69, 9.17) is 15.2 Å². The maximum absolute atomic E-state index is 6.09. The largest absolute Gasteiger partial charge is 0.497 e. The number of nitrogen functional groups attached to an aromatic ring is 1. The average Bonchev–Trinajstić information content (AvgIpc) is 2.47. The Morgan fingerprint density at radius 3 is 2.95 bits per heavy atom. The Morgan fingerprint density at radius 2 is 2.25 bits per heavy atom. The smallest absolute Gasteiger partial charge is 0.120 e. The fourth-order valence-electron chi connectivity index (χ4n) is 2.66. The van der Waals surface area contributed by atoms with Crippen LogP contribution in [0, 0.1) is 0 Å². The molecule has 2 rings (SSSR count). The molecule has 2 N–H and O–H groups in total. The van der Waals surface area contributed by atoms with E-state index in [-0.39, 0.29) is 0 Å². The van der Waals surface area contributed by atoms with Crippen LogP contribution in [-0.2, 0) is 11.3 Å². The number of methoxy groups -OCH3 is 1. The summed E-state index contributed by atoms with van der Waals surface area (Å²) in [5.74, 6) is 0.814. The number of benzene rings is 1. The highest BCUT2D eigenvalue weighted by atomic mass is 16.5. The normalized spacial score (nSPS) is 20.0. The summed E-state index contributed by atoms with van der Waals surface area (Å²) in [5.41, 5.74) is 8.07. The van der Waals surface area contributed by atoms with E-state index in [1.54, 1.807) is 7.11 Å². The van der Waals surface area contributed by atoms with Gasteiger partial charge in [-0.2, -0.15) is 0 Å². The van der Waals surface area contributed by atoms with Gasteiger partial charge in [0, 0.05) is 31.5 Å². The molecular formula is C16H26N2O2. The Labute approximate surface area is 121 Å². The van der Waals surface area contributed by atoms with E-state index in [1.165, 1.54) is 18.4 Å². The van der Waals surface area contributed by atoms with E-state index < -0.39 is 0 Å². The zero-order valence-electron chi connectivity index (χ0n) is 12.6. The molecule has 4 nitrogen and oxygen atoms in total. The zero-order chi connectivity index (χ0) is 14.4. The van der Waals surface area contributed by atoms with Crippen LogP contribution >= 0.6 is 0 Å². The second-order valence-corrected chi connectivity index (χ2v) is 5.43. The molecule has 1 fully saturated rings. The van der Waals surface area contributed by atoms with Crippen LogP contribution in [0.5, 0.6) is 5.75 Å². The van der Waals surface area contributed by atoms with Crippen molar-refractivity contribution < 1.29 is 9.47 Å². The number of hydrogen-bond acceptors (Lipinski definition) is 4. The van der Waals surface area contributed by atoms with E-state index in [9.17, 15) is 0 Å². The Morgan fingerprint density at radius 1 is 1.40 bits per heavy atom. The lowest BCUT2D eigenvalue weighted by Gasteiger charge is -2.32. The Bertz CT molecular complexity index is 423. The Hall–Kier alpha value is -1.26. The predicted octanol–water partition coefficient (Wildman–Crippen LogP) is 2.67. The van der Waals surface area contributed by atoms with Crippen molar-refractivity contribution in [3.8, 4) is 5.75 Å². The highest BCUT2D eigenvalue weighted by Gasteiger charge is 2.20. The number of piperidine rings is 1. The predicted molar refractivity (Wildman–Crippen MR) is 81.9 cm³/mol. The topological polar surface area (TPSA) is 47.7 Å². The third-order valence-electron chi connectivity index (χ3n) is 3.77. The minimum Gasteiger partial charge on any atom is -0.497 e. The first-order chi connectivity index (χ1) is 9.72. The Balaban J connectivity index is 1.92. The molecule has 0 bridgehead atoms. The molecule has 1 aromatic carbocycles. The van der Waals surface area contributed by atoms with Crippen molar-refractivity contribution >= 4 is 5.69 Å². The zero-order valence-corrected chi connectivity index (χ0v) is 12.6. The SMILES string of the molecule is CCCOC1CCCN(Cc2ccc(OC)cc2N)C1. The monoisotopic (exact) mass is 278 g/mol. The number of anilines is 1. The number of likely N-dealkylation sites (tertiary alicyclic amines) is 1. The van der Waals surface area contributed by atoms with Gasteiger partial charge in [-0.15, -0.1) is 0 Å². The molecule has 20 heavy (non-hydrogen) atoms. The molecule has 0 aromatic heterocycles. The maximum Gasteiger partial charge on any atom is 0.120 e. The summed E-state index contributed by atoms with van der Waals surface area (Å²) < 4.78 is 11.1. The van der Waals surface area contributed by atoms with Crippen LogP contribution in [0.25, 0.3) is 0 Å². The van der Waals surface area contributed by atoms with Gasteiger partial charge in [0.1, 0.15) is 5.75 Å². The van der Waals surface area contributed by atoms with Crippen LogP contribution in [0.2, 0.25) is 0 Å². The molecule has 0 amide bonds. The quantitative estimate of drug-likeness (QED) is 0.813. The summed E-state index contributed by atoms with van der Waals surface area (Å²) in [6.07, 6.45) is 3.84. The van der Waals surface area contributed by atoms with E-state index in [2.05, 4.69) is 17.9 Å². The number of nitrogens with two attached hydrogens (primary N) is 1. The fraction of sp³-hybridized carbons (Fsp3) is 0.625. The van der Waals surface area contributed by atoms with Crippen molar-refractivity contribution in [2.24, 2.45) is 0 Å². The first kappa shape index (κ1) is 15.1. The van der Waals surface area contributed by atoms with Crippen molar-refractivity contribution in [2.75, 3.05) is 32.5 Å². The Kier molecular flexibility index (Phi) is 5.68. The lowest BCUT2D eigenvalue weighted by Crippen LogP contribution is -2.39. The van der Waals surface area contributed by atoms with Crippen LogP contribution in [-0.4, -0.2) is 37.8 Å². The van der Waals surface area contributed by atoms with Gasteiger partial charge in [-0.25, -0.2) is 0 Å². The second kappa shape index (κ2) is 7.50. The lowest BCUT2D eigenvalue weighted by atomic mass is 10.1. The molecule has 112 valence electrons. The van der Waals surface area contributed by atoms with Gasteiger partial charge < -0.3 is 15.2 Å². The molecule has 1 aliphatic heterocycles. The van der Waals surface area contributed by atoms with Crippen molar-refractivity contribution in [3.05, 3.63) is 23.8 Å². The summed E-state index contributed by atoms with van der Waals surface area (Å²) in [5, 5.41) is 0. The molecule has 1 saturated heterocycles. The molecule has 0 spiro atoms. The summed E-state index contributed by atoms with van der Waals surface area (Å²) in [4.78, 5) is 2.43. The van der Waals surface area contributed by atoms with Crippen molar-refractivity contribution in [1.29, 1.82) is 0 Å². The van der Waals surface area contributed by atoms with Gasteiger partial charge >= 0.3 is 0 Å². The van der Waals surface area contributed by atoms with E-state index >= 15 is 0 Å². The van der Waals surface area contributed by atoms with Crippen molar-refractivity contribution in [1.82, 2.24) is 4.90 Å². The molecule has 0 saturated carbocycles. The molecule has 4 heteroatoms. The van der Waals surface area contributed by atoms with Gasteiger partial charge in [-0.1, -0.05) is 13.0 Å². The third-order valence-corrected chi connectivity index (χ3v) is 3.77. The van der Waals surface area contributed by atoms with Crippen LogP contribution in [0.15, 0.2) is 18.2 Å². The molecule has 1 aliphatic rings. The first-order valence-electron chi connectivity index (χ1n) is 7.49. The highest BCUT2D eigenvalue weighted by Crippen LogP contribution is 2.23. The standard InChI is InChI=1S/C16H26N2O2/c1-3-9-20-15-5-4-8-18(12-15)11-13-6-7-14(19-2)10-16(13)17/h6-7,10,15H,3-5,8-9,11-12,17H2,1-2H3. The summed E-state index contributed by atoms with van der Waals surface area (Å²) in [6.45, 7) is 6.03. The van der Waals surface area contributed by atoms with Crippen LogP contribution in [0.4, 0.5) is 5.69 Å². The molecule has 0 aliphatic carbocycles. The molecule has 0 radical (unpaired) electrons. The van der Waals surface area contributed by atoms with Crippen LogP contribution < -0.4 is 10.5 Å². The van der Waals surface area contributed by atoms with Gasteiger partial charge in [-0.05, 0) is 37.4 Å². The molecule has 1 heterocycles. The fourth-order valence-corrected chi connectivity index (χ4v) is 2.66. The van der Waals surface area contributed by atoms with E-state index in [0.29, 0.717) is 6.10 Å². The third kappa shape index (κ3) is 4.12. The highest BCUT2D eigenvalue weighted by molar-refractivity contribution is 5.51. The summed E-state index contributed by atoms with van der Waals surface area (Å²) in [7, 11) is 1.66. The summed E-state index contributed by atoms with van der Waals surface area (Å²) >= 11 is 0. The van der Waals surface area contributed by atoms with Gasteiger partial charge in [0.15, 0.2) is 0 Å². The van der Waals surface area contributed by atoms with Crippen LogP contribution in [0.3, 0.4) is 0 Å². The second-order valence-electron chi connectivity index (χ2n) is 5.43. The number of rotatable bonds is 6. The minimum absolute atomic E-state index is 0.378. The molecule has 1 atom stereocenters. The molecular weight excluding hydrogens is 252 g/mol. The number of hydrogen-bond donors (Lipinski definition) is 1. The van der Waals surface area contributed by atoms with Crippen LogP contribution in [0.1, 0.15) is 31.7 Å². The number of nitrogens with zero attached hydrogens (tertiary/aromatic N) is 1. The van der Waals surface area contributed by atoms with Crippen molar-refractivity contribution in [3.63, 3.8) is 0 Å². The summed E-state index contributed by atoms with van der Waals surface area (Å²) in [6, 6.07) is 5.93. The first-order valence-corrected chi connectivity index (χ1v) is 7.49. The lowest BCUT2D eigenvalue weighted by molar-refractivity contribution is -0.00218. The average molecular weight is 278 g/mol. The molecule has 1 unspecified atom stereocenters. The maximum atomic E-state index is 6.09.